The van der Waals surface area contributed by atoms with Gasteiger partial charge in [-0.3, -0.25) is 0 Å². The van der Waals surface area contributed by atoms with E-state index in [1.165, 1.54) is 0 Å². The summed E-state index contributed by atoms with van der Waals surface area (Å²) in [5.41, 5.74) is 2.30. The molecule has 4 aliphatic rings. The minimum atomic E-state index is 0.263. The molecule has 0 N–H and O–H groups in total. The third-order valence-corrected chi connectivity index (χ3v) is 12.0. The number of rotatable bonds is 2. The van der Waals surface area contributed by atoms with E-state index in [1.807, 2.05) is 0 Å². The summed E-state index contributed by atoms with van der Waals surface area (Å²) < 4.78 is 0. The van der Waals surface area contributed by atoms with Gasteiger partial charge in [-0.1, -0.05) is 0 Å². The molecule has 4 rings (SSSR count). The van der Waals surface area contributed by atoms with Crippen molar-refractivity contribution in [2.45, 2.75) is 62.7 Å². The third kappa shape index (κ3) is 1.54. The molecule has 0 aliphatic heterocycles. The molecule has 0 aromatic heterocycles. The summed E-state index contributed by atoms with van der Waals surface area (Å²) in [6.45, 7) is 0. The average Bonchev–Trinajstić information content (AvgIpc) is 3.06. The Morgan fingerprint density at radius 3 is 1.50 bits per heavy atom. The first-order valence-corrected chi connectivity index (χ1v) is 11.0. The Morgan fingerprint density at radius 2 is 1.19 bits per heavy atom. The quantitative estimate of drug-likeness (QED) is 0.535. The standard InChI is InChI=1S/C14H22PSe/c16-15(13-7-9-1-3-11(13)5-9)14-8-10-2-4-12(14)6-10/h9-14H,1-8H2/q+1. The molecule has 0 nitrogen and oxygen atoms in total. The van der Waals surface area contributed by atoms with Gasteiger partial charge >= 0.3 is 108 Å². The van der Waals surface area contributed by atoms with Crippen LogP contribution in [-0.4, -0.2) is 26.4 Å². The molecule has 4 aliphatic carbocycles. The number of fused-ring (bicyclic) bond motifs is 4. The Hall–Kier alpha value is 0.819. The summed E-state index contributed by atoms with van der Waals surface area (Å²) in [6, 6.07) is 0. The molecule has 4 fully saturated rings. The molecular formula is C14H22PSe+. The minimum absolute atomic E-state index is 0.263. The van der Waals surface area contributed by atoms with Crippen LogP contribution in [0.2, 0.25) is 0 Å². The van der Waals surface area contributed by atoms with Gasteiger partial charge in [0.1, 0.15) is 0 Å². The summed E-state index contributed by atoms with van der Waals surface area (Å²) >= 11 is 3.70. The van der Waals surface area contributed by atoms with E-state index in [0.29, 0.717) is 0 Å². The molecule has 0 heterocycles. The van der Waals surface area contributed by atoms with Crippen molar-refractivity contribution in [2.24, 2.45) is 23.7 Å². The second kappa shape index (κ2) is 3.91. The first kappa shape index (κ1) is 10.7. The summed E-state index contributed by atoms with van der Waals surface area (Å²) in [4.78, 5) is 0. The van der Waals surface area contributed by atoms with Crippen molar-refractivity contribution >= 4 is 21.3 Å². The summed E-state index contributed by atoms with van der Waals surface area (Å²) in [5.74, 6) is 4.59. The zero-order valence-electron chi connectivity index (χ0n) is 9.98. The van der Waals surface area contributed by atoms with Gasteiger partial charge in [-0.05, 0) is 0 Å². The van der Waals surface area contributed by atoms with Crippen LogP contribution in [-0.2, 0) is 0 Å². The van der Waals surface area contributed by atoms with Crippen molar-refractivity contribution in [3.05, 3.63) is 0 Å². The van der Waals surface area contributed by atoms with Crippen LogP contribution in [0.5, 0.6) is 0 Å². The fraction of sp³-hybridized carbons (Fsp3) is 1.00. The van der Waals surface area contributed by atoms with Crippen molar-refractivity contribution < 1.29 is 0 Å². The predicted octanol–water partition coefficient (Wildman–Crippen LogP) is 3.93. The molecular weight excluding hydrogens is 278 g/mol. The van der Waals surface area contributed by atoms with Gasteiger partial charge in [0.2, 0.25) is 0 Å². The summed E-state index contributed by atoms with van der Waals surface area (Å²) in [5, 5.41) is 0. The van der Waals surface area contributed by atoms with Crippen LogP contribution in [0.15, 0.2) is 0 Å². The zero-order chi connectivity index (χ0) is 10.7. The topological polar surface area (TPSA) is 0 Å². The fourth-order valence-electron chi connectivity index (χ4n) is 5.29. The molecule has 6 atom stereocenters. The SMILES string of the molecule is [Se]=[P+](C1CC2CCC1C2)C1CC2CCC1C2. The van der Waals surface area contributed by atoms with Crippen molar-refractivity contribution in [1.29, 1.82) is 0 Å². The number of hydrogen-bond donors (Lipinski definition) is 0. The maximum atomic E-state index is 3.70. The molecule has 0 radical (unpaired) electrons. The Labute approximate surface area is 108 Å². The average molecular weight is 300 g/mol. The first-order valence-electron chi connectivity index (χ1n) is 7.26. The van der Waals surface area contributed by atoms with Crippen molar-refractivity contribution in [3.8, 4) is 0 Å². The van der Waals surface area contributed by atoms with Crippen LogP contribution < -0.4 is 0 Å². The molecule has 0 saturated heterocycles. The van der Waals surface area contributed by atoms with Crippen LogP contribution >= 0.6 is 6.17 Å². The van der Waals surface area contributed by atoms with Crippen LogP contribution in [0, 0.1) is 23.7 Å². The van der Waals surface area contributed by atoms with Gasteiger partial charge < -0.3 is 0 Å². The Bertz CT molecular complexity index is 297. The zero-order valence-corrected chi connectivity index (χ0v) is 12.6. The van der Waals surface area contributed by atoms with Gasteiger partial charge in [-0.25, -0.2) is 0 Å². The first-order chi connectivity index (χ1) is 7.81. The van der Waals surface area contributed by atoms with Crippen molar-refractivity contribution in [1.82, 2.24) is 0 Å². The molecule has 6 unspecified atom stereocenters. The van der Waals surface area contributed by atoms with E-state index in [-0.39, 0.29) is 6.17 Å². The van der Waals surface area contributed by atoms with E-state index < -0.39 is 0 Å². The molecule has 16 heavy (non-hydrogen) atoms. The molecule has 0 aromatic rings. The van der Waals surface area contributed by atoms with E-state index in [9.17, 15) is 0 Å². The van der Waals surface area contributed by atoms with E-state index >= 15 is 0 Å². The Balaban J connectivity index is 1.50. The van der Waals surface area contributed by atoms with Crippen molar-refractivity contribution in [2.75, 3.05) is 0 Å². The van der Waals surface area contributed by atoms with Crippen LogP contribution in [0.25, 0.3) is 0 Å². The second-order valence-electron chi connectivity index (χ2n) is 6.84. The van der Waals surface area contributed by atoms with Gasteiger partial charge in [0, 0.05) is 0 Å². The molecule has 0 amide bonds. The molecule has 88 valence electrons. The van der Waals surface area contributed by atoms with Gasteiger partial charge in [0.15, 0.2) is 0 Å². The van der Waals surface area contributed by atoms with Gasteiger partial charge in [0.25, 0.3) is 0 Å². The Kier molecular flexibility index (Phi) is 2.62. The normalized spacial score (nSPS) is 54.9. The van der Waals surface area contributed by atoms with Crippen LogP contribution in [0.3, 0.4) is 0 Å². The van der Waals surface area contributed by atoms with E-state index in [0.717, 1.165) is 35.0 Å². The fourth-order valence-corrected chi connectivity index (χ4v) is 11.4. The molecule has 2 heteroatoms. The summed E-state index contributed by atoms with van der Waals surface area (Å²) in [7, 11) is 0. The van der Waals surface area contributed by atoms with E-state index in [4.69, 9.17) is 0 Å². The third-order valence-electron chi connectivity index (χ3n) is 6.06. The van der Waals surface area contributed by atoms with Gasteiger partial charge in [-0.2, -0.15) is 0 Å². The maximum absolute atomic E-state index is 3.70. The molecule has 4 saturated carbocycles. The Morgan fingerprint density at radius 1 is 0.688 bits per heavy atom. The molecule has 4 bridgehead atoms. The van der Waals surface area contributed by atoms with Crippen LogP contribution in [0.4, 0.5) is 0 Å². The van der Waals surface area contributed by atoms with E-state index in [1.54, 1.807) is 51.4 Å². The molecule has 0 spiro atoms. The van der Waals surface area contributed by atoms with Gasteiger partial charge in [0.05, 0.1) is 0 Å². The van der Waals surface area contributed by atoms with Gasteiger partial charge in [-0.15, -0.1) is 0 Å². The molecule has 0 aromatic carbocycles. The van der Waals surface area contributed by atoms with Crippen LogP contribution in [0.1, 0.15) is 51.4 Å². The summed E-state index contributed by atoms with van der Waals surface area (Å²) in [6.07, 6.45) is 13.0. The second-order valence-corrected chi connectivity index (χ2v) is 11.5. The monoisotopic (exact) mass is 301 g/mol. The number of hydrogen-bond acceptors (Lipinski definition) is 0. The van der Waals surface area contributed by atoms with Crippen molar-refractivity contribution in [3.63, 3.8) is 0 Å². The van der Waals surface area contributed by atoms with E-state index in [2.05, 4.69) is 15.1 Å². The predicted molar refractivity (Wildman–Crippen MR) is 71.1 cm³/mol.